The number of benzene rings is 2. The molecular weight excluding hydrogens is 342 g/mol. The number of carbonyl (C=O) groups is 2. The lowest BCUT2D eigenvalue weighted by molar-refractivity contribution is 0.0982. The quantitative estimate of drug-likeness (QED) is 0.712. The van der Waals surface area contributed by atoms with Gasteiger partial charge in [-0.3, -0.25) is 9.59 Å². The van der Waals surface area contributed by atoms with Gasteiger partial charge in [0.2, 0.25) is 11.6 Å². The van der Waals surface area contributed by atoms with Gasteiger partial charge in [0.05, 0.1) is 0 Å². The van der Waals surface area contributed by atoms with Crippen molar-refractivity contribution in [3.63, 3.8) is 0 Å². The molecule has 3 aromatic rings. The predicted octanol–water partition coefficient (Wildman–Crippen LogP) is 3.73. The molecule has 5 nitrogen and oxygen atoms in total. The number of carbonyl (C=O) groups excluding carboxylic acids is 2. The van der Waals surface area contributed by atoms with E-state index >= 15 is 0 Å². The Balaban J connectivity index is 1.76. The Labute approximate surface area is 146 Å². The molecule has 0 fully saturated rings. The van der Waals surface area contributed by atoms with E-state index in [0.717, 1.165) is 0 Å². The summed E-state index contributed by atoms with van der Waals surface area (Å²) >= 11 is 6.13. The van der Waals surface area contributed by atoms with E-state index in [1.807, 2.05) is 0 Å². The highest BCUT2D eigenvalue weighted by Gasteiger charge is 2.31. The molecule has 6 heteroatoms. The van der Waals surface area contributed by atoms with E-state index in [0.29, 0.717) is 27.8 Å². The molecule has 0 spiro atoms. The molecule has 1 aromatic heterocycles. The van der Waals surface area contributed by atoms with E-state index < -0.39 is 11.4 Å². The lowest BCUT2D eigenvalue weighted by atomic mass is 9.92. The van der Waals surface area contributed by atoms with Gasteiger partial charge >= 0.3 is 5.63 Å². The lowest BCUT2D eigenvalue weighted by Gasteiger charge is -2.19. The summed E-state index contributed by atoms with van der Waals surface area (Å²) in [6.45, 7) is 0. The molecule has 0 bridgehead atoms. The van der Waals surface area contributed by atoms with E-state index in [1.165, 1.54) is 6.07 Å². The Morgan fingerprint density at radius 1 is 0.840 bits per heavy atom. The maximum Gasteiger partial charge on any atom is 0.336 e. The normalized spacial score (nSPS) is 14.0. The first-order valence-electron chi connectivity index (χ1n) is 7.44. The monoisotopic (exact) mass is 351 g/mol. The third-order valence-electron chi connectivity index (χ3n) is 3.95. The van der Waals surface area contributed by atoms with Crippen LogP contribution < -0.4 is 10.9 Å². The second kappa shape index (κ2) is 5.72. The number of hydrogen-bond acceptors (Lipinski definition) is 5. The van der Waals surface area contributed by atoms with Crippen molar-refractivity contribution in [1.82, 2.24) is 0 Å². The highest BCUT2D eigenvalue weighted by atomic mass is 35.5. The van der Waals surface area contributed by atoms with Crippen LogP contribution in [0.1, 0.15) is 20.7 Å². The summed E-state index contributed by atoms with van der Waals surface area (Å²) in [5.41, 5.74) is 1.17. The molecule has 1 N–H and O–H groups in total. The molecule has 0 atom stereocenters. The van der Waals surface area contributed by atoms with Crippen molar-refractivity contribution < 1.29 is 14.0 Å². The number of Topliss-reactive ketones (excluding diaryl/α,β-unsaturated/α-hetero) is 2. The molecule has 0 saturated heterocycles. The Kier molecular flexibility index (Phi) is 3.51. The first-order chi connectivity index (χ1) is 12.0. The number of nitrogens with one attached hydrogen (secondary N) is 1. The van der Waals surface area contributed by atoms with Crippen LogP contribution in [0.3, 0.4) is 0 Å². The van der Waals surface area contributed by atoms with Crippen LogP contribution >= 0.6 is 11.6 Å². The van der Waals surface area contributed by atoms with E-state index in [2.05, 4.69) is 5.32 Å². The van der Waals surface area contributed by atoms with Gasteiger partial charge in [-0.2, -0.15) is 0 Å². The van der Waals surface area contributed by atoms with Crippen LogP contribution in [-0.2, 0) is 0 Å². The van der Waals surface area contributed by atoms with Gasteiger partial charge < -0.3 is 9.73 Å². The van der Waals surface area contributed by atoms with Crippen molar-refractivity contribution in [2.45, 2.75) is 0 Å². The summed E-state index contributed by atoms with van der Waals surface area (Å²) < 4.78 is 5.07. The molecule has 1 aliphatic rings. The second-order valence-electron chi connectivity index (χ2n) is 5.52. The number of fused-ring (bicyclic) bond motifs is 2. The van der Waals surface area contributed by atoms with E-state index in [4.69, 9.17) is 16.0 Å². The molecule has 0 unspecified atom stereocenters. The standard InChI is InChI=1S/C19H10ClNO4/c20-16-17(19(24)13-4-2-1-3-12(13)18(16)23)21-11-6-7-14-10(9-11)5-8-15(22)25-14/h1-9,21H. The Morgan fingerprint density at radius 2 is 1.56 bits per heavy atom. The third kappa shape index (κ3) is 2.55. The number of halogens is 1. The van der Waals surface area contributed by atoms with Crippen LogP contribution in [0.2, 0.25) is 0 Å². The molecular formula is C19H10ClNO4. The first-order valence-corrected chi connectivity index (χ1v) is 7.81. The topological polar surface area (TPSA) is 76.4 Å². The molecule has 4 rings (SSSR count). The minimum Gasteiger partial charge on any atom is -0.423 e. The lowest BCUT2D eigenvalue weighted by Crippen LogP contribution is -2.24. The van der Waals surface area contributed by atoms with E-state index in [1.54, 1.807) is 48.5 Å². The Hall–Kier alpha value is -3.18. The minimum absolute atomic E-state index is 0.0297. The number of allylic oxidation sites excluding steroid dienone is 2. The molecule has 1 heterocycles. The number of hydrogen-bond donors (Lipinski definition) is 1. The maximum atomic E-state index is 12.7. The Bertz CT molecular complexity index is 1140. The smallest absolute Gasteiger partial charge is 0.336 e. The average Bonchev–Trinajstić information content (AvgIpc) is 2.63. The van der Waals surface area contributed by atoms with Crippen molar-refractivity contribution in [3.05, 3.63) is 86.9 Å². The number of ketones is 2. The molecule has 0 amide bonds. The average molecular weight is 352 g/mol. The molecule has 2 aromatic carbocycles. The van der Waals surface area contributed by atoms with Crippen LogP contribution in [0.15, 0.2) is 74.5 Å². The molecule has 1 aliphatic carbocycles. The molecule has 25 heavy (non-hydrogen) atoms. The minimum atomic E-state index is -0.441. The zero-order valence-electron chi connectivity index (χ0n) is 12.7. The Morgan fingerprint density at radius 3 is 2.32 bits per heavy atom. The highest BCUT2D eigenvalue weighted by Crippen LogP contribution is 2.30. The van der Waals surface area contributed by atoms with Gasteiger partial charge in [-0.05, 0) is 24.3 Å². The SMILES string of the molecule is O=C1C(Cl)=C(Nc2ccc3oc(=O)ccc3c2)C(=O)c2ccccc21. The molecule has 0 aliphatic heterocycles. The fraction of sp³-hybridized carbons (Fsp3) is 0. The molecule has 0 radical (unpaired) electrons. The van der Waals surface area contributed by atoms with Crippen LogP contribution in [0, 0.1) is 0 Å². The molecule has 122 valence electrons. The predicted molar refractivity (Wildman–Crippen MR) is 94.1 cm³/mol. The number of rotatable bonds is 2. The van der Waals surface area contributed by atoms with E-state index in [-0.39, 0.29) is 16.5 Å². The van der Waals surface area contributed by atoms with Gasteiger partial charge in [-0.25, -0.2) is 4.79 Å². The maximum absolute atomic E-state index is 12.7. The largest absolute Gasteiger partial charge is 0.423 e. The third-order valence-corrected chi connectivity index (χ3v) is 4.31. The van der Waals surface area contributed by atoms with E-state index in [9.17, 15) is 14.4 Å². The summed E-state index contributed by atoms with van der Waals surface area (Å²) in [5.74, 6) is -0.744. The van der Waals surface area contributed by atoms with Crippen molar-refractivity contribution in [2.75, 3.05) is 5.32 Å². The van der Waals surface area contributed by atoms with Crippen molar-refractivity contribution in [3.8, 4) is 0 Å². The zero-order chi connectivity index (χ0) is 17.6. The van der Waals surface area contributed by atoms with Crippen molar-refractivity contribution in [2.24, 2.45) is 0 Å². The summed E-state index contributed by atoms with van der Waals surface area (Å²) in [6, 6.07) is 14.4. The fourth-order valence-corrected chi connectivity index (χ4v) is 2.99. The zero-order valence-corrected chi connectivity index (χ0v) is 13.5. The van der Waals surface area contributed by atoms with Crippen LogP contribution in [0.25, 0.3) is 11.0 Å². The van der Waals surface area contributed by atoms with Gasteiger partial charge in [0, 0.05) is 28.3 Å². The van der Waals surface area contributed by atoms with Crippen molar-refractivity contribution in [1.29, 1.82) is 0 Å². The fourth-order valence-electron chi connectivity index (χ4n) is 2.75. The molecule has 0 saturated carbocycles. The van der Waals surface area contributed by atoms with Crippen LogP contribution in [0.5, 0.6) is 0 Å². The number of anilines is 1. The highest BCUT2D eigenvalue weighted by molar-refractivity contribution is 6.50. The summed E-state index contributed by atoms with van der Waals surface area (Å²) in [6.07, 6.45) is 0. The van der Waals surface area contributed by atoms with Gasteiger partial charge in [-0.15, -0.1) is 0 Å². The van der Waals surface area contributed by atoms with Gasteiger partial charge in [-0.1, -0.05) is 35.9 Å². The second-order valence-corrected chi connectivity index (χ2v) is 5.90. The van der Waals surface area contributed by atoms with Gasteiger partial charge in [0.1, 0.15) is 16.3 Å². The summed E-state index contributed by atoms with van der Waals surface area (Å²) in [7, 11) is 0. The first kappa shape index (κ1) is 15.4. The summed E-state index contributed by atoms with van der Waals surface area (Å²) in [4.78, 5) is 36.3. The van der Waals surface area contributed by atoms with Crippen LogP contribution in [0.4, 0.5) is 5.69 Å². The van der Waals surface area contributed by atoms with Gasteiger partial charge in [0.25, 0.3) is 0 Å². The van der Waals surface area contributed by atoms with Crippen molar-refractivity contribution >= 4 is 39.8 Å². The summed E-state index contributed by atoms with van der Waals surface area (Å²) in [5, 5.41) is 3.44. The van der Waals surface area contributed by atoms with Gasteiger partial charge in [0.15, 0.2) is 0 Å². The van der Waals surface area contributed by atoms with Crippen LogP contribution in [-0.4, -0.2) is 11.6 Å².